The Bertz CT molecular complexity index is 3460. The average molecular weight is 1200 g/mol. The van der Waals surface area contributed by atoms with Crippen molar-refractivity contribution in [3.8, 4) is 0 Å². The molecule has 12 N–H and O–H groups in total. The molecule has 0 fully saturated rings. The Morgan fingerprint density at radius 3 is 1.44 bits per heavy atom. The van der Waals surface area contributed by atoms with Crippen molar-refractivity contribution in [3.05, 3.63) is 83.9 Å². The lowest BCUT2D eigenvalue weighted by Gasteiger charge is -2.19. The first-order chi connectivity index (χ1) is 36.8. The summed E-state index contributed by atoms with van der Waals surface area (Å²) in [5.74, 6) is -0.442. The third-order valence-electron chi connectivity index (χ3n) is 10.7. The zero-order chi connectivity index (χ0) is 57.0. The molecule has 6 rings (SSSR count). The topological polar surface area (TPSA) is 429 Å². The zero-order valence-electron chi connectivity index (χ0n) is 41.1. The van der Waals surface area contributed by atoms with Gasteiger partial charge in [0.15, 0.2) is 0 Å². The van der Waals surface area contributed by atoms with E-state index in [-0.39, 0.29) is 96.9 Å². The van der Waals surface area contributed by atoms with E-state index < -0.39 is 45.0 Å². The highest BCUT2D eigenvalue weighted by Crippen LogP contribution is 2.35. The maximum atomic E-state index is 12.9. The van der Waals surface area contributed by atoms with Crippen molar-refractivity contribution in [2.75, 3.05) is 31.9 Å². The van der Waals surface area contributed by atoms with Crippen LogP contribution in [0.25, 0.3) is 12.2 Å². The highest BCUT2D eigenvalue weighted by atomic mass is 32.2. The molecule has 2 unspecified atom stereocenters. The fourth-order valence-corrected chi connectivity index (χ4v) is 9.38. The Hall–Kier alpha value is -6.14. The second-order valence-electron chi connectivity index (χ2n) is 16.7. The number of hydrogen-bond donors (Lipinski definition) is 12. The molecule has 6 aromatic rings. The van der Waals surface area contributed by atoms with Crippen molar-refractivity contribution in [1.82, 2.24) is 29.9 Å². The number of hydrogen-bond acceptors (Lipinski definition) is 30. The number of nitrogens with zero attached hydrogens (tertiary/aromatic N) is 6. The minimum atomic E-state index is -4.95. The summed E-state index contributed by atoms with van der Waals surface area (Å²) < 4.78 is 118. The van der Waals surface area contributed by atoms with Crippen LogP contribution in [0.15, 0.2) is 102 Å². The van der Waals surface area contributed by atoms with Crippen molar-refractivity contribution in [3.63, 3.8) is 0 Å². The lowest BCUT2D eigenvalue weighted by atomic mass is 10.1. The van der Waals surface area contributed by atoms with E-state index in [1.54, 1.807) is 12.1 Å². The maximum Gasteiger partial charge on any atom is 0.296 e. The standard InChI is InChI=1S/C42H48N12O18S6/c1-21(2)23(5)43-37-50-40(53-41(51-37)47-31-20-30(76(58,59)60)14-15-33(31)74-71-68-56)46-28-12-10-26(36(18-28)78(64,65)66)8-7-25-9-11-27(17-34(25)75-72-69-57)45-39-49-38(44-24(6)22(3)4)52-42(54-39)48-32-19-29(73-70-67-55)13-16-35(32)77(61,62)63/h7-24,55-57H,1-6H3,(H,58,59,60)(H,61,62,63)(H,64,65,66)(H3,43,46,47,50,51,53)(H3,44,45,48,49,52,54)/b8-7+. The highest BCUT2D eigenvalue weighted by molar-refractivity contribution is 7.95. The van der Waals surface area contributed by atoms with Crippen LogP contribution < -0.4 is 31.9 Å². The van der Waals surface area contributed by atoms with Gasteiger partial charge in [-0.1, -0.05) is 67.1 Å². The van der Waals surface area contributed by atoms with Gasteiger partial charge >= 0.3 is 0 Å². The van der Waals surface area contributed by atoms with Crippen LogP contribution in [-0.4, -0.2) is 96.7 Å². The van der Waals surface area contributed by atoms with E-state index in [4.69, 9.17) is 20.1 Å². The quantitative estimate of drug-likeness (QED) is 0.00715. The molecular weight excluding hydrogens is 1150 g/mol. The van der Waals surface area contributed by atoms with Crippen molar-refractivity contribution in [2.24, 2.45) is 11.8 Å². The third-order valence-corrected chi connectivity index (χ3v) is 15.3. The molecule has 0 saturated carbocycles. The van der Waals surface area contributed by atoms with Crippen molar-refractivity contribution < 1.29 is 82.8 Å². The van der Waals surface area contributed by atoms with Gasteiger partial charge in [0.25, 0.3) is 30.4 Å². The van der Waals surface area contributed by atoms with Gasteiger partial charge in [0.1, 0.15) is 9.79 Å². The molecule has 0 radical (unpaired) electrons. The Labute approximate surface area is 458 Å². The van der Waals surface area contributed by atoms with Gasteiger partial charge in [-0.15, -0.1) is 13.0 Å². The fourth-order valence-electron chi connectivity index (χ4n) is 6.20. The average Bonchev–Trinajstić information content (AvgIpc) is 3.36. The molecule has 0 aliphatic carbocycles. The summed E-state index contributed by atoms with van der Waals surface area (Å²) in [7, 11) is -14.5. The lowest BCUT2D eigenvalue weighted by molar-refractivity contribution is -0.432. The summed E-state index contributed by atoms with van der Waals surface area (Å²) in [5, 5.41) is 55.4. The van der Waals surface area contributed by atoms with Crippen molar-refractivity contribution in [2.45, 2.75) is 83.0 Å². The molecule has 0 amide bonds. The first kappa shape index (κ1) is 61.1. The summed E-state index contributed by atoms with van der Waals surface area (Å²) >= 11 is 1.52. The second kappa shape index (κ2) is 27.2. The largest absolute Gasteiger partial charge is 0.351 e. The first-order valence-corrected chi connectivity index (χ1v) is 28.6. The summed E-state index contributed by atoms with van der Waals surface area (Å²) in [6.45, 7) is 11.5. The number of benzene rings is 4. The second-order valence-corrected chi connectivity index (χ2v) is 23.2. The van der Waals surface area contributed by atoms with Crippen LogP contribution in [0.3, 0.4) is 0 Å². The van der Waals surface area contributed by atoms with Gasteiger partial charge in [0.05, 0.1) is 57.3 Å². The monoisotopic (exact) mass is 1200 g/mol. The van der Waals surface area contributed by atoms with Crippen LogP contribution in [-0.2, 0) is 58.5 Å². The van der Waals surface area contributed by atoms with E-state index in [0.717, 1.165) is 24.3 Å². The Morgan fingerprint density at radius 2 is 0.923 bits per heavy atom. The molecular formula is C42H48N12O18S6. The summed E-state index contributed by atoms with van der Waals surface area (Å²) in [6, 6.07) is 15.0. The molecule has 2 atom stereocenters. The van der Waals surface area contributed by atoms with Crippen LogP contribution in [0.4, 0.5) is 58.4 Å². The fraction of sp³-hybridized carbons (Fsp3) is 0.238. The van der Waals surface area contributed by atoms with Gasteiger partial charge < -0.3 is 31.9 Å². The van der Waals surface area contributed by atoms with Crippen molar-refractivity contribution >= 4 is 137 Å². The molecule has 0 aliphatic rings. The van der Waals surface area contributed by atoms with Gasteiger partial charge in [-0.25, -0.2) is 15.8 Å². The predicted octanol–water partition coefficient (Wildman–Crippen LogP) is 9.14. The smallest absolute Gasteiger partial charge is 0.296 e. The summed E-state index contributed by atoms with van der Waals surface area (Å²) in [4.78, 5) is 25.3. The zero-order valence-corrected chi connectivity index (χ0v) is 46.0. The third kappa shape index (κ3) is 17.7. The number of anilines is 10. The van der Waals surface area contributed by atoms with E-state index >= 15 is 0 Å². The number of aromatic nitrogens is 6. The highest BCUT2D eigenvalue weighted by Gasteiger charge is 2.22. The van der Waals surface area contributed by atoms with E-state index in [1.165, 1.54) is 48.6 Å². The Balaban J connectivity index is 1.32. The molecule has 30 nitrogen and oxygen atoms in total. The van der Waals surface area contributed by atoms with Gasteiger partial charge in [-0.2, -0.15) is 55.2 Å². The minimum Gasteiger partial charge on any atom is -0.351 e. The van der Waals surface area contributed by atoms with E-state index in [9.17, 15) is 38.9 Å². The molecule has 0 saturated heterocycles. The van der Waals surface area contributed by atoms with Gasteiger partial charge in [0.2, 0.25) is 35.7 Å². The molecule has 420 valence electrons. The Morgan fingerprint density at radius 1 is 0.462 bits per heavy atom. The van der Waals surface area contributed by atoms with Crippen molar-refractivity contribution in [1.29, 1.82) is 0 Å². The van der Waals surface area contributed by atoms with Crippen LogP contribution in [0.5, 0.6) is 0 Å². The van der Waals surface area contributed by atoms with Gasteiger partial charge in [-0.3, -0.25) is 13.7 Å². The number of rotatable bonds is 28. The first-order valence-electron chi connectivity index (χ1n) is 22.1. The van der Waals surface area contributed by atoms with Crippen LogP contribution in [0, 0.1) is 11.8 Å². The maximum absolute atomic E-state index is 12.9. The Kier molecular flexibility index (Phi) is 21.3. The summed E-state index contributed by atoms with van der Waals surface area (Å²) in [5.41, 5.74) is 0.459. The summed E-state index contributed by atoms with van der Waals surface area (Å²) in [6.07, 6.45) is 2.82. The molecule has 78 heavy (non-hydrogen) atoms. The van der Waals surface area contributed by atoms with Crippen LogP contribution >= 0.6 is 36.1 Å². The van der Waals surface area contributed by atoms with E-state index in [1.807, 2.05) is 41.5 Å². The molecule has 0 spiro atoms. The minimum absolute atomic E-state index is 0.0104. The normalized spacial score (nSPS) is 12.9. The van der Waals surface area contributed by atoms with Crippen LogP contribution in [0.2, 0.25) is 0 Å². The lowest BCUT2D eigenvalue weighted by Crippen LogP contribution is -2.23. The van der Waals surface area contributed by atoms with Gasteiger partial charge in [-0.05, 0) is 97.5 Å². The SMILES string of the molecule is CC(C)C(C)Nc1nc(Nc2ccc(/C=C/c3ccc(Nc4nc(Nc5cc(SOOO)ccc5S(=O)(=O)O)nc(NC(C)C(C)C)n4)cc3SOOO)c(S(=O)(=O)O)c2)nc(Nc2cc(S(=O)(=O)O)ccc2SOOO)n1. The molecule has 2 heterocycles. The molecule has 2 aromatic heterocycles. The molecule has 0 aliphatic heterocycles. The predicted molar refractivity (Wildman–Crippen MR) is 285 cm³/mol. The molecule has 36 heteroatoms. The van der Waals surface area contributed by atoms with Crippen LogP contribution in [0.1, 0.15) is 52.7 Å². The number of nitrogens with one attached hydrogen (secondary N) is 6. The van der Waals surface area contributed by atoms with E-state index in [0.29, 0.717) is 47.4 Å². The molecule has 4 aromatic carbocycles. The van der Waals surface area contributed by atoms with E-state index in [2.05, 4.69) is 85.6 Å². The molecule has 0 bridgehead atoms. The van der Waals surface area contributed by atoms with Gasteiger partial charge in [0, 0.05) is 33.2 Å².